The topological polar surface area (TPSA) is 9.23 Å². The summed E-state index contributed by atoms with van der Waals surface area (Å²) in [6.07, 6.45) is 3.69. The fraction of sp³-hybridized carbons (Fsp3) is 0.538. The van der Waals surface area contributed by atoms with E-state index in [-0.39, 0.29) is 0 Å². The maximum absolute atomic E-state index is 5.20. The summed E-state index contributed by atoms with van der Waals surface area (Å²) in [5.74, 6) is 1.77. The molecule has 0 spiro atoms. The lowest BCUT2D eigenvalue weighted by atomic mass is 9.95. The van der Waals surface area contributed by atoms with Crippen molar-refractivity contribution in [2.45, 2.75) is 33.1 Å². The molecule has 1 heteroatoms. The molecule has 0 radical (unpaired) electrons. The zero-order chi connectivity index (χ0) is 10.4. The maximum Gasteiger partial charge on any atom is 0.119 e. The van der Waals surface area contributed by atoms with Gasteiger partial charge >= 0.3 is 0 Å². The number of benzene rings is 1. The Kier molecular flexibility index (Phi) is 4.51. The Labute approximate surface area is 87.1 Å². The molecule has 1 nitrogen and oxygen atoms in total. The number of hydrogen-bond acceptors (Lipinski definition) is 1. The van der Waals surface area contributed by atoms with Crippen molar-refractivity contribution in [1.82, 2.24) is 0 Å². The van der Waals surface area contributed by atoms with Crippen LogP contribution in [0.4, 0.5) is 0 Å². The van der Waals surface area contributed by atoms with Crippen LogP contribution < -0.4 is 4.74 Å². The predicted octanol–water partition coefficient (Wildman–Crippen LogP) is 3.67. The number of rotatable bonds is 5. The monoisotopic (exact) mass is 192 g/mol. The first-order chi connectivity index (χ1) is 6.80. The van der Waals surface area contributed by atoms with Crippen LogP contribution in [0.5, 0.6) is 5.75 Å². The van der Waals surface area contributed by atoms with Crippen molar-refractivity contribution in [2.24, 2.45) is 5.92 Å². The molecule has 0 unspecified atom stereocenters. The van der Waals surface area contributed by atoms with E-state index in [0.717, 1.165) is 11.7 Å². The van der Waals surface area contributed by atoms with Crippen LogP contribution in [-0.2, 0) is 6.42 Å². The molecule has 78 valence electrons. The van der Waals surface area contributed by atoms with Gasteiger partial charge in [-0.3, -0.25) is 0 Å². The van der Waals surface area contributed by atoms with Gasteiger partial charge in [-0.2, -0.15) is 0 Å². The lowest BCUT2D eigenvalue weighted by Crippen LogP contribution is -2.01. The Bertz CT molecular complexity index is 264. The van der Waals surface area contributed by atoms with Crippen molar-refractivity contribution in [1.29, 1.82) is 0 Å². The summed E-state index contributed by atoms with van der Waals surface area (Å²) in [6.45, 7) is 4.52. The minimum absolute atomic E-state index is 0.808. The summed E-state index contributed by atoms with van der Waals surface area (Å²) in [6, 6.07) is 8.38. The molecule has 0 aromatic heterocycles. The molecule has 0 amide bonds. The Hall–Kier alpha value is -0.980. The number of methoxy groups -OCH3 is 1. The van der Waals surface area contributed by atoms with Crippen LogP contribution in [0.1, 0.15) is 32.3 Å². The molecule has 0 aliphatic heterocycles. The van der Waals surface area contributed by atoms with Gasteiger partial charge in [0.1, 0.15) is 5.75 Å². The zero-order valence-corrected chi connectivity index (χ0v) is 9.42. The van der Waals surface area contributed by atoms with E-state index in [1.54, 1.807) is 7.11 Å². The lowest BCUT2D eigenvalue weighted by molar-refractivity contribution is 0.413. The first-order valence-corrected chi connectivity index (χ1v) is 5.43. The molecule has 14 heavy (non-hydrogen) atoms. The summed E-state index contributed by atoms with van der Waals surface area (Å²) in [5.41, 5.74) is 1.39. The van der Waals surface area contributed by atoms with Gasteiger partial charge in [0.15, 0.2) is 0 Å². The summed E-state index contributed by atoms with van der Waals surface area (Å²) >= 11 is 0. The van der Waals surface area contributed by atoms with Crippen molar-refractivity contribution in [2.75, 3.05) is 7.11 Å². The molecule has 0 saturated carbocycles. The highest BCUT2D eigenvalue weighted by Gasteiger charge is 2.05. The molecule has 0 aliphatic rings. The smallest absolute Gasteiger partial charge is 0.119 e. The highest BCUT2D eigenvalue weighted by molar-refractivity contribution is 5.28. The second-order valence-corrected chi connectivity index (χ2v) is 3.74. The standard InChI is InChI=1S/C13H20O/c1-4-11(5-2)9-12-7-6-8-13(10-12)14-3/h6-8,10-11H,4-5,9H2,1-3H3. The third-order valence-corrected chi connectivity index (χ3v) is 2.81. The molecule has 0 aliphatic carbocycles. The maximum atomic E-state index is 5.20. The minimum atomic E-state index is 0.808. The minimum Gasteiger partial charge on any atom is -0.497 e. The molecule has 0 atom stereocenters. The van der Waals surface area contributed by atoms with E-state index in [4.69, 9.17) is 4.74 Å². The van der Waals surface area contributed by atoms with Gasteiger partial charge in [-0.1, -0.05) is 38.8 Å². The van der Waals surface area contributed by atoms with E-state index in [1.807, 2.05) is 6.07 Å². The normalized spacial score (nSPS) is 10.6. The third kappa shape index (κ3) is 3.06. The van der Waals surface area contributed by atoms with Gasteiger partial charge in [0.2, 0.25) is 0 Å². The van der Waals surface area contributed by atoms with Crippen LogP contribution in [0.2, 0.25) is 0 Å². The van der Waals surface area contributed by atoms with E-state index in [0.29, 0.717) is 0 Å². The average molecular weight is 192 g/mol. The van der Waals surface area contributed by atoms with Crippen molar-refractivity contribution in [3.63, 3.8) is 0 Å². The first-order valence-electron chi connectivity index (χ1n) is 5.43. The molecule has 0 heterocycles. The van der Waals surface area contributed by atoms with Gasteiger partial charge in [0, 0.05) is 0 Å². The third-order valence-electron chi connectivity index (χ3n) is 2.81. The predicted molar refractivity (Wildman–Crippen MR) is 60.8 cm³/mol. The number of ether oxygens (including phenoxy) is 1. The van der Waals surface area contributed by atoms with Gasteiger partial charge in [-0.05, 0) is 30.0 Å². The zero-order valence-electron chi connectivity index (χ0n) is 9.42. The highest BCUT2D eigenvalue weighted by Crippen LogP contribution is 2.19. The molecular formula is C13H20O. The fourth-order valence-electron chi connectivity index (χ4n) is 1.71. The summed E-state index contributed by atoms with van der Waals surface area (Å²) in [7, 11) is 1.72. The first kappa shape index (κ1) is 11.1. The molecule has 0 fully saturated rings. The summed E-state index contributed by atoms with van der Waals surface area (Å²) < 4.78 is 5.20. The largest absolute Gasteiger partial charge is 0.497 e. The van der Waals surface area contributed by atoms with Gasteiger partial charge in [0.25, 0.3) is 0 Å². The van der Waals surface area contributed by atoms with Crippen LogP contribution >= 0.6 is 0 Å². The van der Waals surface area contributed by atoms with Crippen LogP contribution in [0.25, 0.3) is 0 Å². The summed E-state index contributed by atoms with van der Waals surface area (Å²) in [5, 5.41) is 0. The molecule has 1 aromatic carbocycles. The van der Waals surface area contributed by atoms with E-state index in [1.165, 1.54) is 24.8 Å². The van der Waals surface area contributed by atoms with Crippen molar-refractivity contribution in [3.05, 3.63) is 29.8 Å². The quantitative estimate of drug-likeness (QED) is 0.691. The second-order valence-electron chi connectivity index (χ2n) is 3.74. The van der Waals surface area contributed by atoms with Crippen LogP contribution in [0.3, 0.4) is 0 Å². The van der Waals surface area contributed by atoms with Gasteiger partial charge in [0.05, 0.1) is 7.11 Å². The SMILES string of the molecule is CCC(CC)Cc1cccc(OC)c1. The van der Waals surface area contributed by atoms with E-state index >= 15 is 0 Å². The average Bonchev–Trinajstić information content (AvgIpc) is 2.26. The molecule has 0 saturated heterocycles. The van der Waals surface area contributed by atoms with Gasteiger partial charge in [-0.15, -0.1) is 0 Å². The molecular weight excluding hydrogens is 172 g/mol. The Morgan fingerprint density at radius 3 is 2.50 bits per heavy atom. The van der Waals surface area contributed by atoms with Crippen molar-refractivity contribution >= 4 is 0 Å². The van der Waals surface area contributed by atoms with Crippen LogP contribution in [-0.4, -0.2) is 7.11 Å². The lowest BCUT2D eigenvalue weighted by Gasteiger charge is -2.12. The van der Waals surface area contributed by atoms with Gasteiger partial charge < -0.3 is 4.74 Å². The van der Waals surface area contributed by atoms with E-state index in [2.05, 4.69) is 32.0 Å². The van der Waals surface area contributed by atoms with E-state index < -0.39 is 0 Å². The van der Waals surface area contributed by atoms with Gasteiger partial charge in [-0.25, -0.2) is 0 Å². The molecule has 0 bridgehead atoms. The van der Waals surface area contributed by atoms with Crippen LogP contribution in [0, 0.1) is 5.92 Å². The van der Waals surface area contributed by atoms with Crippen LogP contribution in [0.15, 0.2) is 24.3 Å². The molecule has 1 aromatic rings. The highest BCUT2D eigenvalue weighted by atomic mass is 16.5. The Balaban J connectivity index is 2.65. The molecule has 0 N–H and O–H groups in total. The second kappa shape index (κ2) is 5.69. The molecule has 1 rings (SSSR count). The number of hydrogen-bond donors (Lipinski definition) is 0. The fourth-order valence-corrected chi connectivity index (χ4v) is 1.71. The Morgan fingerprint density at radius 1 is 1.21 bits per heavy atom. The van der Waals surface area contributed by atoms with Crippen molar-refractivity contribution in [3.8, 4) is 5.75 Å². The van der Waals surface area contributed by atoms with Crippen molar-refractivity contribution < 1.29 is 4.74 Å². The van der Waals surface area contributed by atoms with E-state index in [9.17, 15) is 0 Å². The summed E-state index contributed by atoms with van der Waals surface area (Å²) in [4.78, 5) is 0. The Morgan fingerprint density at radius 2 is 1.93 bits per heavy atom.